The Bertz CT molecular complexity index is 938. The zero-order chi connectivity index (χ0) is 22.7. The SMILES string of the molecule is CC(=O)N1CCc2nc(C3CCN(C)CC3)nc(NC[C@H](C)Oc3ccc(C)cc3)c2C1. The number of piperidine rings is 1. The molecule has 4 rings (SSSR count). The number of nitrogens with zero attached hydrogens (tertiary/aromatic N) is 4. The fourth-order valence-electron chi connectivity index (χ4n) is 4.43. The number of aromatic nitrogens is 2. The number of hydrogen-bond donors (Lipinski definition) is 1. The van der Waals surface area contributed by atoms with Crippen LogP contribution in [0.2, 0.25) is 0 Å². The molecule has 2 aromatic rings. The smallest absolute Gasteiger partial charge is 0.219 e. The molecule has 1 atom stereocenters. The molecule has 7 nitrogen and oxygen atoms in total. The van der Waals surface area contributed by atoms with Gasteiger partial charge in [0, 0.05) is 31.4 Å². The van der Waals surface area contributed by atoms with E-state index in [0.29, 0.717) is 19.0 Å². The molecular formula is C25H35N5O2. The highest BCUT2D eigenvalue weighted by Crippen LogP contribution is 2.30. The number of ether oxygens (including phenoxy) is 1. The summed E-state index contributed by atoms with van der Waals surface area (Å²) in [5.41, 5.74) is 3.35. The maximum Gasteiger partial charge on any atom is 0.219 e. The van der Waals surface area contributed by atoms with Gasteiger partial charge >= 0.3 is 0 Å². The van der Waals surface area contributed by atoms with Crippen LogP contribution in [0.15, 0.2) is 24.3 Å². The lowest BCUT2D eigenvalue weighted by molar-refractivity contribution is -0.129. The van der Waals surface area contributed by atoms with Crippen molar-refractivity contribution in [1.82, 2.24) is 19.8 Å². The summed E-state index contributed by atoms with van der Waals surface area (Å²) in [5, 5.41) is 3.53. The van der Waals surface area contributed by atoms with Crippen molar-refractivity contribution in [3.05, 3.63) is 46.9 Å². The molecule has 1 N–H and O–H groups in total. The number of likely N-dealkylation sites (tertiary alicyclic amines) is 1. The number of fused-ring (bicyclic) bond motifs is 1. The summed E-state index contributed by atoms with van der Waals surface area (Å²) < 4.78 is 6.08. The third kappa shape index (κ3) is 5.38. The number of nitrogens with one attached hydrogen (secondary N) is 1. The molecule has 0 bridgehead atoms. The van der Waals surface area contributed by atoms with Gasteiger partial charge in [-0.1, -0.05) is 17.7 Å². The molecule has 1 fully saturated rings. The lowest BCUT2D eigenvalue weighted by Crippen LogP contribution is -2.36. The Balaban J connectivity index is 1.52. The van der Waals surface area contributed by atoms with Crippen molar-refractivity contribution >= 4 is 11.7 Å². The Morgan fingerprint density at radius 1 is 1.19 bits per heavy atom. The summed E-state index contributed by atoms with van der Waals surface area (Å²) in [4.78, 5) is 26.2. The van der Waals surface area contributed by atoms with Crippen LogP contribution in [0.1, 0.15) is 55.3 Å². The van der Waals surface area contributed by atoms with Crippen LogP contribution in [-0.2, 0) is 17.8 Å². The first-order valence-corrected chi connectivity index (χ1v) is 11.7. The zero-order valence-electron chi connectivity index (χ0n) is 19.7. The van der Waals surface area contributed by atoms with Crippen LogP contribution in [0.3, 0.4) is 0 Å². The van der Waals surface area contributed by atoms with Crippen LogP contribution in [0.5, 0.6) is 5.75 Å². The van der Waals surface area contributed by atoms with Gasteiger partial charge < -0.3 is 19.9 Å². The van der Waals surface area contributed by atoms with Crippen molar-refractivity contribution in [2.24, 2.45) is 0 Å². The second kappa shape index (κ2) is 9.86. The minimum absolute atomic E-state index is 0.0254. The minimum Gasteiger partial charge on any atom is -0.489 e. The van der Waals surface area contributed by atoms with Gasteiger partial charge in [0.25, 0.3) is 0 Å². The summed E-state index contributed by atoms with van der Waals surface area (Å²) >= 11 is 0. The van der Waals surface area contributed by atoms with Crippen LogP contribution >= 0.6 is 0 Å². The van der Waals surface area contributed by atoms with Gasteiger partial charge in [-0.2, -0.15) is 0 Å². The highest BCUT2D eigenvalue weighted by molar-refractivity contribution is 5.74. The van der Waals surface area contributed by atoms with Crippen LogP contribution < -0.4 is 10.1 Å². The Hall–Kier alpha value is -2.67. The summed E-state index contributed by atoms with van der Waals surface area (Å²) in [6, 6.07) is 8.11. The third-order valence-electron chi connectivity index (χ3n) is 6.52. The summed E-state index contributed by atoms with van der Waals surface area (Å²) in [7, 11) is 2.17. The van der Waals surface area contributed by atoms with E-state index in [4.69, 9.17) is 14.7 Å². The summed E-state index contributed by atoms with van der Waals surface area (Å²) in [6.45, 7) is 9.82. The van der Waals surface area contributed by atoms with E-state index in [0.717, 1.165) is 67.5 Å². The molecule has 0 aliphatic carbocycles. The number of anilines is 1. The molecular weight excluding hydrogens is 402 g/mol. The van der Waals surface area contributed by atoms with Gasteiger partial charge in [0.2, 0.25) is 5.91 Å². The number of carbonyl (C=O) groups is 1. The number of amides is 1. The van der Waals surface area contributed by atoms with E-state index in [9.17, 15) is 4.79 Å². The molecule has 0 spiro atoms. The Kier molecular flexibility index (Phi) is 6.94. The van der Waals surface area contributed by atoms with Gasteiger partial charge in [-0.25, -0.2) is 9.97 Å². The first-order valence-electron chi connectivity index (χ1n) is 11.7. The molecule has 2 aliphatic rings. The lowest BCUT2D eigenvalue weighted by Gasteiger charge is -2.32. The average molecular weight is 438 g/mol. The van der Waals surface area contributed by atoms with E-state index in [1.54, 1.807) is 6.92 Å². The number of carbonyl (C=O) groups excluding carboxylic acids is 1. The molecule has 32 heavy (non-hydrogen) atoms. The van der Waals surface area contributed by atoms with E-state index in [1.165, 1.54) is 5.56 Å². The fraction of sp³-hybridized carbons (Fsp3) is 0.560. The quantitative estimate of drug-likeness (QED) is 0.747. The first-order chi connectivity index (χ1) is 15.4. The highest BCUT2D eigenvalue weighted by Gasteiger charge is 2.27. The van der Waals surface area contributed by atoms with Gasteiger partial charge in [0.1, 0.15) is 23.5 Å². The van der Waals surface area contributed by atoms with Crippen molar-refractivity contribution in [2.75, 3.05) is 38.5 Å². The van der Waals surface area contributed by atoms with Gasteiger partial charge in [-0.15, -0.1) is 0 Å². The molecule has 7 heteroatoms. The van der Waals surface area contributed by atoms with Crippen LogP contribution in [-0.4, -0.2) is 65.0 Å². The maximum absolute atomic E-state index is 12.0. The molecule has 1 amide bonds. The lowest BCUT2D eigenvalue weighted by atomic mass is 9.95. The van der Waals surface area contributed by atoms with Crippen molar-refractivity contribution in [3.8, 4) is 5.75 Å². The highest BCUT2D eigenvalue weighted by atomic mass is 16.5. The van der Waals surface area contributed by atoms with Gasteiger partial charge in [-0.3, -0.25) is 4.79 Å². The largest absolute Gasteiger partial charge is 0.489 e. The molecule has 0 saturated carbocycles. The third-order valence-corrected chi connectivity index (χ3v) is 6.52. The summed E-state index contributed by atoms with van der Waals surface area (Å²) in [6.07, 6.45) is 2.92. The number of aryl methyl sites for hydroxylation is 1. The van der Waals surface area contributed by atoms with Crippen molar-refractivity contribution < 1.29 is 9.53 Å². The van der Waals surface area contributed by atoms with E-state index >= 15 is 0 Å². The molecule has 1 aromatic heterocycles. The van der Waals surface area contributed by atoms with E-state index in [2.05, 4.69) is 43.2 Å². The van der Waals surface area contributed by atoms with Gasteiger partial charge in [-0.05, 0) is 59.0 Å². The topological polar surface area (TPSA) is 70.6 Å². The Morgan fingerprint density at radius 3 is 2.59 bits per heavy atom. The number of benzene rings is 1. The van der Waals surface area contributed by atoms with Gasteiger partial charge in [0.05, 0.1) is 18.8 Å². The molecule has 0 radical (unpaired) electrons. The maximum atomic E-state index is 12.0. The van der Waals surface area contributed by atoms with E-state index < -0.39 is 0 Å². The predicted octanol–water partition coefficient (Wildman–Crippen LogP) is 3.38. The van der Waals surface area contributed by atoms with Gasteiger partial charge in [0.15, 0.2) is 0 Å². The second-order valence-electron chi connectivity index (χ2n) is 9.25. The standard InChI is InChI=1S/C25H35N5O2/c1-17-5-7-21(8-6-17)32-18(2)15-26-25-22-16-30(19(3)31)14-11-23(22)27-24(28-25)20-9-12-29(4)13-10-20/h5-8,18,20H,9-16H2,1-4H3,(H,26,27,28)/t18-/m0/s1. The summed E-state index contributed by atoms with van der Waals surface area (Å²) in [5.74, 6) is 3.16. The minimum atomic E-state index is -0.0254. The monoisotopic (exact) mass is 437 g/mol. The van der Waals surface area contributed by atoms with E-state index in [1.807, 2.05) is 17.0 Å². The molecule has 0 unspecified atom stereocenters. The van der Waals surface area contributed by atoms with Crippen molar-refractivity contribution in [1.29, 1.82) is 0 Å². The van der Waals surface area contributed by atoms with Crippen molar-refractivity contribution in [2.45, 2.75) is 58.6 Å². The van der Waals surface area contributed by atoms with Crippen molar-refractivity contribution in [3.63, 3.8) is 0 Å². The van der Waals surface area contributed by atoms with Crippen LogP contribution in [0, 0.1) is 6.92 Å². The number of rotatable bonds is 6. The molecule has 1 saturated heterocycles. The Morgan fingerprint density at radius 2 is 1.91 bits per heavy atom. The predicted molar refractivity (Wildman–Crippen MR) is 126 cm³/mol. The average Bonchev–Trinajstić information content (AvgIpc) is 2.79. The Labute approximate surface area is 191 Å². The number of hydrogen-bond acceptors (Lipinski definition) is 6. The fourth-order valence-corrected chi connectivity index (χ4v) is 4.43. The normalized spacial score (nSPS) is 18.2. The first kappa shape index (κ1) is 22.5. The van der Waals surface area contributed by atoms with Crippen LogP contribution in [0.25, 0.3) is 0 Å². The zero-order valence-corrected chi connectivity index (χ0v) is 19.7. The molecule has 172 valence electrons. The van der Waals surface area contributed by atoms with E-state index in [-0.39, 0.29) is 12.0 Å². The second-order valence-corrected chi connectivity index (χ2v) is 9.25. The molecule has 1 aromatic carbocycles. The van der Waals surface area contributed by atoms with Crippen LogP contribution in [0.4, 0.5) is 5.82 Å². The molecule has 2 aliphatic heterocycles. The molecule has 3 heterocycles.